The van der Waals surface area contributed by atoms with E-state index < -0.39 is 0 Å². The van der Waals surface area contributed by atoms with Gasteiger partial charge in [-0.1, -0.05) is 42.5 Å². The molecule has 2 aromatic carbocycles. The van der Waals surface area contributed by atoms with Crippen molar-refractivity contribution >= 4 is 24.4 Å². The summed E-state index contributed by atoms with van der Waals surface area (Å²) in [5.41, 5.74) is 7.96. The Bertz CT molecular complexity index is 464. The predicted octanol–water partition coefficient (Wildman–Crippen LogP) is 3.79. The van der Waals surface area contributed by atoms with Crippen molar-refractivity contribution in [3.63, 3.8) is 0 Å². The van der Waals surface area contributed by atoms with Gasteiger partial charge in [0, 0.05) is 23.5 Å². The predicted molar refractivity (Wildman–Crippen MR) is 78.7 cm³/mol. The van der Waals surface area contributed by atoms with E-state index in [0.29, 0.717) is 13.2 Å². The number of hydrogen-bond donors (Lipinski definition) is 1. The fourth-order valence-corrected chi connectivity index (χ4v) is 2.12. The molecule has 0 fully saturated rings. The molecular weight excluding hydrogens is 266 g/mol. The first-order chi connectivity index (χ1) is 8.40. The first kappa shape index (κ1) is 15.1. The van der Waals surface area contributed by atoms with E-state index in [9.17, 15) is 0 Å². The molecule has 4 heteroatoms. The summed E-state index contributed by atoms with van der Waals surface area (Å²) in [6.45, 7) is 1.13. The van der Waals surface area contributed by atoms with Crippen LogP contribution in [0.25, 0.3) is 0 Å². The number of hydrogen-bond acceptors (Lipinski definition) is 3. The van der Waals surface area contributed by atoms with Crippen LogP contribution in [-0.2, 0) is 17.3 Å². The zero-order valence-electron chi connectivity index (χ0n) is 9.91. The zero-order valence-corrected chi connectivity index (χ0v) is 11.5. The summed E-state index contributed by atoms with van der Waals surface area (Å²) in [5.74, 6) is 0. The molecule has 0 unspecified atom stereocenters. The molecule has 0 radical (unpaired) electrons. The average molecular weight is 282 g/mol. The van der Waals surface area contributed by atoms with Crippen LogP contribution in [0.5, 0.6) is 0 Å². The highest BCUT2D eigenvalue weighted by atomic mass is 35.5. The summed E-state index contributed by atoms with van der Waals surface area (Å²) in [6, 6.07) is 18.1. The second-order valence-corrected chi connectivity index (χ2v) is 4.51. The van der Waals surface area contributed by atoms with Crippen molar-refractivity contribution in [2.24, 2.45) is 5.73 Å². The van der Waals surface area contributed by atoms with Gasteiger partial charge in [-0.15, -0.1) is 12.4 Å². The van der Waals surface area contributed by atoms with Crippen molar-refractivity contribution in [3.8, 4) is 0 Å². The number of benzene rings is 2. The van der Waals surface area contributed by atoms with Crippen molar-refractivity contribution in [2.45, 2.75) is 18.0 Å². The molecule has 96 valence electrons. The van der Waals surface area contributed by atoms with E-state index >= 15 is 0 Å². The molecule has 18 heavy (non-hydrogen) atoms. The molecule has 2 aromatic rings. The quantitative estimate of drug-likeness (QED) is 0.847. The molecule has 0 aliphatic carbocycles. The van der Waals surface area contributed by atoms with E-state index in [1.54, 1.807) is 0 Å². The van der Waals surface area contributed by atoms with Gasteiger partial charge in [0.1, 0.15) is 0 Å². The normalized spacial score (nSPS) is 9.83. The zero-order chi connectivity index (χ0) is 11.9. The highest BCUT2D eigenvalue weighted by Gasteiger charge is 2.00. The summed E-state index contributed by atoms with van der Waals surface area (Å²) < 4.78 is 5.61. The van der Waals surface area contributed by atoms with Gasteiger partial charge in [-0.3, -0.25) is 0 Å². The Kier molecular flexibility index (Phi) is 6.83. The van der Waals surface area contributed by atoms with Crippen LogP contribution in [0.1, 0.15) is 11.1 Å². The number of nitrogens with two attached hydrogens (primary N) is 1. The van der Waals surface area contributed by atoms with Crippen molar-refractivity contribution in [3.05, 3.63) is 65.7 Å². The average Bonchev–Trinajstić information content (AvgIpc) is 2.40. The molecule has 2 rings (SSSR count). The third kappa shape index (κ3) is 4.35. The molecule has 0 aliphatic rings. The summed E-state index contributed by atoms with van der Waals surface area (Å²) in [6.07, 6.45) is 0. The van der Waals surface area contributed by atoms with Crippen LogP contribution in [0.4, 0.5) is 0 Å². The Morgan fingerprint density at radius 2 is 1.50 bits per heavy atom. The highest BCUT2D eigenvalue weighted by Crippen LogP contribution is 2.21. The van der Waals surface area contributed by atoms with Gasteiger partial charge < -0.3 is 9.92 Å². The molecule has 0 saturated heterocycles. The standard InChI is InChI=1S/C14H15NOS.ClH/c15-10-12-6-4-5-7-13(12)11-16-17-14-8-2-1-3-9-14;/h1-9H,10-11,15H2;1H. The Balaban J connectivity index is 0.00000162. The van der Waals surface area contributed by atoms with E-state index in [0.717, 1.165) is 16.0 Å². The third-order valence-corrected chi connectivity index (χ3v) is 3.15. The summed E-state index contributed by atoms with van der Waals surface area (Å²) in [7, 11) is 0. The minimum absolute atomic E-state index is 0. The lowest BCUT2D eigenvalue weighted by Crippen LogP contribution is -2.01. The van der Waals surface area contributed by atoms with E-state index in [4.69, 9.17) is 9.92 Å². The summed E-state index contributed by atoms with van der Waals surface area (Å²) in [5, 5.41) is 0. The summed E-state index contributed by atoms with van der Waals surface area (Å²) in [4.78, 5) is 1.11. The second kappa shape index (κ2) is 8.16. The Labute approximate surface area is 118 Å². The van der Waals surface area contributed by atoms with Gasteiger partial charge in [-0.2, -0.15) is 0 Å². The molecule has 2 nitrogen and oxygen atoms in total. The Morgan fingerprint density at radius 1 is 0.889 bits per heavy atom. The molecule has 0 spiro atoms. The highest BCUT2D eigenvalue weighted by molar-refractivity contribution is 7.94. The van der Waals surface area contributed by atoms with Gasteiger partial charge in [0.2, 0.25) is 0 Å². The van der Waals surface area contributed by atoms with E-state index in [2.05, 4.69) is 0 Å². The summed E-state index contributed by atoms with van der Waals surface area (Å²) >= 11 is 1.39. The maximum atomic E-state index is 5.67. The lowest BCUT2D eigenvalue weighted by molar-refractivity contribution is 0.362. The topological polar surface area (TPSA) is 35.2 Å². The van der Waals surface area contributed by atoms with Gasteiger partial charge >= 0.3 is 0 Å². The molecular formula is C14H16ClNOS. The largest absolute Gasteiger partial charge is 0.326 e. The van der Waals surface area contributed by atoms with Crippen LogP contribution < -0.4 is 5.73 Å². The van der Waals surface area contributed by atoms with Gasteiger partial charge in [0.05, 0.1) is 6.61 Å². The smallest absolute Gasteiger partial charge is 0.0872 e. The van der Waals surface area contributed by atoms with Gasteiger partial charge in [-0.05, 0) is 23.3 Å². The van der Waals surface area contributed by atoms with Crippen LogP contribution in [0.15, 0.2) is 59.5 Å². The fourth-order valence-electron chi connectivity index (χ4n) is 1.53. The SMILES string of the molecule is Cl.NCc1ccccc1COSc1ccccc1. The third-order valence-electron chi connectivity index (χ3n) is 2.45. The maximum absolute atomic E-state index is 5.67. The lowest BCUT2D eigenvalue weighted by Gasteiger charge is -2.07. The molecule has 0 aromatic heterocycles. The van der Waals surface area contributed by atoms with E-state index in [1.807, 2.05) is 54.6 Å². The van der Waals surface area contributed by atoms with E-state index in [1.165, 1.54) is 12.0 Å². The lowest BCUT2D eigenvalue weighted by atomic mass is 10.1. The first-order valence-electron chi connectivity index (χ1n) is 5.51. The van der Waals surface area contributed by atoms with Crippen LogP contribution >= 0.6 is 24.4 Å². The van der Waals surface area contributed by atoms with E-state index in [-0.39, 0.29) is 12.4 Å². The monoisotopic (exact) mass is 281 g/mol. The minimum atomic E-state index is 0. The minimum Gasteiger partial charge on any atom is -0.326 e. The molecule has 0 atom stereocenters. The molecule has 0 heterocycles. The molecule has 2 N–H and O–H groups in total. The van der Waals surface area contributed by atoms with Gasteiger partial charge in [0.25, 0.3) is 0 Å². The van der Waals surface area contributed by atoms with Crippen LogP contribution in [0.2, 0.25) is 0 Å². The number of halogens is 1. The van der Waals surface area contributed by atoms with Crippen molar-refractivity contribution in [1.29, 1.82) is 0 Å². The Morgan fingerprint density at radius 3 is 2.17 bits per heavy atom. The van der Waals surface area contributed by atoms with Crippen LogP contribution in [0.3, 0.4) is 0 Å². The molecule has 0 aliphatic heterocycles. The molecule has 0 saturated carbocycles. The van der Waals surface area contributed by atoms with Crippen molar-refractivity contribution in [1.82, 2.24) is 0 Å². The molecule has 0 bridgehead atoms. The maximum Gasteiger partial charge on any atom is 0.0872 e. The fraction of sp³-hybridized carbons (Fsp3) is 0.143. The second-order valence-electron chi connectivity index (χ2n) is 3.63. The number of rotatable bonds is 5. The van der Waals surface area contributed by atoms with Gasteiger partial charge in [0.15, 0.2) is 0 Å². The van der Waals surface area contributed by atoms with Crippen molar-refractivity contribution in [2.75, 3.05) is 0 Å². The first-order valence-corrected chi connectivity index (χ1v) is 6.25. The van der Waals surface area contributed by atoms with Crippen LogP contribution in [0, 0.1) is 0 Å². The Hall–Kier alpha value is -1.00. The van der Waals surface area contributed by atoms with Crippen LogP contribution in [-0.4, -0.2) is 0 Å². The molecule has 0 amide bonds. The van der Waals surface area contributed by atoms with Crippen molar-refractivity contribution < 1.29 is 4.18 Å². The van der Waals surface area contributed by atoms with Gasteiger partial charge in [-0.25, -0.2) is 0 Å².